The van der Waals surface area contributed by atoms with Gasteiger partial charge in [0, 0.05) is 17.5 Å². The van der Waals surface area contributed by atoms with E-state index in [1.165, 1.54) is 29.5 Å². The number of carbonyl (C=O) groups excluding carboxylic acids is 1. The summed E-state index contributed by atoms with van der Waals surface area (Å²) in [6, 6.07) is 14.3. The quantitative estimate of drug-likeness (QED) is 0.562. The number of benzene rings is 2. The lowest BCUT2D eigenvalue weighted by Crippen LogP contribution is -2.11. The van der Waals surface area contributed by atoms with Crippen LogP contribution in [0, 0.1) is 11.3 Å². The van der Waals surface area contributed by atoms with Gasteiger partial charge in [0.2, 0.25) is 5.91 Å². The molecule has 0 radical (unpaired) electrons. The van der Waals surface area contributed by atoms with E-state index in [-0.39, 0.29) is 19.1 Å². The number of amides is 1. The second-order valence-electron chi connectivity index (χ2n) is 7.99. The molecule has 0 saturated carbocycles. The Bertz CT molecular complexity index is 1150. The first kappa shape index (κ1) is 24.4. The summed E-state index contributed by atoms with van der Waals surface area (Å²) in [6.07, 6.45) is 4.86. The third-order valence-electron chi connectivity index (χ3n) is 5.12. The van der Waals surface area contributed by atoms with Crippen molar-refractivity contribution in [1.82, 2.24) is 10.2 Å². The Morgan fingerprint density at radius 1 is 1.21 bits per heavy atom. The first-order valence-corrected chi connectivity index (χ1v) is 11.8. The molecule has 0 bridgehead atoms. The highest BCUT2D eigenvalue weighted by atomic mass is 32.1. The number of aromatic nitrogens is 2. The Hall–Kier alpha value is -3.28. The third-order valence-corrected chi connectivity index (χ3v) is 6.12. The number of aliphatic hydroxyl groups excluding tert-OH is 1. The summed E-state index contributed by atoms with van der Waals surface area (Å²) in [5.41, 5.74) is 10.1. The van der Waals surface area contributed by atoms with Crippen LogP contribution in [0.2, 0.25) is 0 Å². The normalized spacial score (nSPS) is 12.3. The molecule has 4 rings (SSSR count). The van der Waals surface area contributed by atoms with Crippen molar-refractivity contribution in [3.63, 3.8) is 0 Å². The van der Waals surface area contributed by atoms with Crippen molar-refractivity contribution < 1.29 is 14.6 Å². The minimum Gasteiger partial charge on any atom is -0.490 e. The van der Waals surface area contributed by atoms with Gasteiger partial charge >= 0.3 is 0 Å². The zero-order valence-electron chi connectivity index (χ0n) is 18.9. The summed E-state index contributed by atoms with van der Waals surface area (Å²) in [7, 11) is 0. The standard InChI is InChI=1S/C22H21N3OS.C3H7NO2/c1-14(2)26-20-11-10-16(12-17(20)13-23)21-24-25-22(27-21)19-9-5-7-15-6-3-4-8-18(15)19;4-3(6)1-2-5/h5,7,9-12,14H,3-4,6,8H2,1-2H3;5H,1-2H2,(H2,4,6). The monoisotopic (exact) mass is 464 g/mol. The zero-order valence-corrected chi connectivity index (χ0v) is 19.7. The van der Waals surface area contributed by atoms with Crippen molar-refractivity contribution in [2.45, 2.75) is 52.1 Å². The Morgan fingerprint density at radius 2 is 1.97 bits per heavy atom. The molecular weight excluding hydrogens is 436 g/mol. The smallest absolute Gasteiger partial charge is 0.219 e. The van der Waals surface area contributed by atoms with E-state index in [1.807, 2.05) is 32.0 Å². The van der Waals surface area contributed by atoms with Gasteiger partial charge in [-0.25, -0.2) is 0 Å². The number of nitrogens with two attached hydrogens (primary N) is 1. The van der Waals surface area contributed by atoms with E-state index < -0.39 is 5.91 Å². The van der Waals surface area contributed by atoms with Gasteiger partial charge in [0.25, 0.3) is 0 Å². The molecule has 8 heteroatoms. The predicted octanol–water partition coefficient (Wildman–Crippen LogP) is 4.26. The van der Waals surface area contributed by atoms with Gasteiger partial charge in [-0.1, -0.05) is 29.5 Å². The molecule has 3 N–H and O–H groups in total. The fraction of sp³-hybridized carbons (Fsp3) is 0.360. The highest BCUT2D eigenvalue weighted by molar-refractivity contribution is 7.17. The number of fused-ring (bicyclic) bond motifs is 1. The lowest BCUT2D eigenvalue weighted by molar-refractivity contribution is -0.118. The number of hydrogen-bond donors (Lipinski definition) is 2. The van der Waals surface area contributed by atoms with Crippen LogP contribution in [0.25, 0.3) is 21.1 Å². The van der Waals surface area contributed by atoms with Crippen LogP contribution in [0.4, 0.5) is 0 Å². The van der Waals surface area contributed by atoms with Gasteiger partial charge in [0.15, 0.2) is 0 Å². The number of nitriles is 1. The summed E-state index contributed by atoms with van der Waals surface area (Å²) >= 11 is 1.58. The summed E-state index contributed by atoms with van der Waals surface area (Å²) < 4.78 is 5.71. The van der Waals surface area contributed by atoms with Gasteiger partial charge in [-0.15, -0.1) is 10.2 Å². The number of nitrogens with zero attached hydrogens (tertiary/aromatic N) is 3. The Kier molecular flexibility index (Phi) is 8.52. The summed E-state index contributed by atoms with van der Waals surface area (Å²) in [4.78, 5) is 9.66. The third kappa shape index (κ3) is 6.37. The van der Waals surface area contributed by atoms with E-state index in [4.69, 9.17) is 9.84 Å². The van der Waals surface area contributed by atoms with Gasteiger partial charge < -0.3 is 15.6 Å². The number of carbonyl (C=O) groups is 1. The molecule has 0 unspecified atom stereocenters. The maximum Gasteiger partial charge on any atom is 0.219 e. The first-order valence-electron chi connectivity index (χ1n) is 11.0. The zero-order chi connectivity index (χ0) is 23.8. The summed E-state index contributed by atoms with van der Waals surface area (Å²) in [5.74, 6) is 0.149. The van der Waals surface area contributed by atoms with Crippen LogP contribution in [-0.2, 0) is 17.6 Å². The molecule has 1 aliphatic rings. The van der Waals surface area contributed by atoms with Crippen molar-refractivity contribution in [2.75, 3.05) is 6.61 Å². The lowest BCUT2D eigenvalue weighted by Gasteiger charge is -2.17. The van der Waals surface area contributed by atoms with E-state index in [0.29, 0.717) is 11.3 Å². The van der Waals surface area contributed by atoms with Crippen molar-refractivity contribution >= 4 is 17.2 Å². The lowest BCUT2D eigenvalue weighted by atomic mass is 9.88. The van der Waals surface area contributed by atoms with Gasteiger partial charge in [0.05, 0.1) is 18.3 Å². The Labute approximate surface area is 197 Å². The van der Waals surface area contributed by atoms with Crippen molar-refractivity contribution in [3.05, 3.63) is 53.1 Å². The van der Waals surface area contributed by atoms with Crippen LogP contribution >= 0.6 is 11.3 Å². The molecule has 33 heavy (non-hydrogen) atoms. The SMILES string of the molecule is CC(C)Oc1ccc(-c2nnc(-c3cccc4c3CCCC4)s2)cc1C#N.NC(=O)CCO. The second kappa shape index (κ2) is 11.5. The molecule has 1 amide bonds. The minimum absolute atomic E-state index is 0.0281. The largest absolute Gasteiger partial charge is 0.490 e. The fourth-order valence-corrected chi connectivity index (χ4v) is 4.54. The topological polar surface area (TPSA) is 122 Å². The van der Waals surface area contributed by atoms with E-state index in [1.54, 1.807) is 11.3 Å². The molecule has 172 valence electrons. The van der Waals surface area contributed by atoms with Crippen molar-refractivity contribution in [1.29, 1.82) is 5.26 Å². The molecule has 3 aromatic rings. The molecule has 1 aliphatic carbocycles. The average molecular weight is 465 g/mol. The molecule has 7 nitrogen and oxygen atoms in total. The second-order valence-corrected chi connectivity index (χ2v) is 8.97. The van der Waals surface area contributed by atoms with E-state index in [2.05, 4.69) is 40.2 Å². The van der Waals surface area contributed by atoms with Crippen LogP contribution < -0.4 is 10.5 Å². The van der Waals surface area contributed by atoms with Gasteiger partial charge in [0.1, 0.15) is 21.8 Å². The average Bonchev–Trinajstić information content (AvgIpc) is 3.29. The van der Waals surface area contributed by atoms with Crippen molar-refractivity contribution in [3.8, 4) is 33.0 Å². The van der Waals surface area contributed by atoms with E-state index in [9.17, 15) is 10.1 Å². The molecule has 0 atom stereocenters. The van der Waals surface area contributed by atoms with E-state index >= 15 is 0 Å². The Balaban J connectivity index is 0.000000454. The van der Waals surface area contributed by atoms with Gasteiger partial charge in [-0.05, 0) is 68.9 Å². The molecule has 0 aliphatic heterocycles. The maximum atomic E-state index is 9.66. The van der Waals surface area contributed by atoms with Crippen LogP contribution in [0.1, 0.15) is 49.8 Å². The molecule has 0 spiro atoms. The minimum atomic E-state index is -0.461. The van der Waals surface area contributed by atoms with E-state index in [0.717, 1.165) is 28.4 Å². The first-order chi connectivity index (χ1) is 15.9. The molecule has 1 heterocycles. The highest BCUT2D eigenvalue weighted by Crippen LogP contribution is 2.36. The van der Waals surface area contributed by atoms with Crippen LogP contribution in [0.3, 0.4) is 0 Å². The molecule has 2 aromatic carbocycles. The van der Waals surface area contributed by atoms with Crippen LogP contribution in [0.5, 0.6) is 5.75 Å². The van der Waals surface area contributed by atoms with Crippen molar-refractivity contribution in [2.24, 2.45) is 5.73 Å². The number of aliphatic hydroxyl groups is 1. The Morgan fingerprint density at radius 3 is 2.64 bits per heavy atom. The predicted molar refractivity (Wildman–Crippen MR) is 129 cm³/mol. The summed E-state index contributed by atoms with van der Waals surface area (Å²) in [5, 5.41) is 28.0. The number of hydrogen-bond acceptors (Lipinski definition) is 7. The van der Waals surface area contributed by atoms with Crippen LogP contribution in [0.15, 0.2) is 36.4 Å². The molecule has 0 saturated heterocycles. The highest BCUT2D eigenvalue weighted by Gasteiger charge is 2.18. The molecule has 1 aromatic heterocycles. The number of aryl methyl sites for hydroxylation is 1. The number of primary amides is 1. The molecular formula is C25H28N4O3S. The molecule has 0 fully saturated rings. The van der Waals surface area contributed by atoms with Gasteiger partial charge in [-0.3, -0.25) is 4.79 Å². The fourth-order valence-electron chi connectivity index (χ4n) is 3.65. The number of ether oxygens (including phenoxy) is 1. The van der Waals surface area contributed by atoms with Crippen LogP contribution in [-0.4, -0.2) is 33.9 Å². The summed E-state index contributed by atoms with van der Waals surface area (Å²) in [6.45, 7) is 3.76. The van der Waals surface area contributed by atoms with Gasteiger partial charge in [-0.2, -0.15) is 5.26 Å². The maximum absolute atomic E-state index is 9.66. The number of rotatable bonds is 6.